The van der Waals surface area contributed by atoms with E-state index in [4.69, 9.17) is 0 Å². The summed E-state index contributed by atoms with van der Waals surface area (Å²) in [4.78, 5) is 0.521. The molecule has 2 atom stereocenters. The van der Waals surface area contributed by atoms with Crippen LogP contribution in [0, 0.1) is 12.8 Å². The lowest BCUT2D eigenvalue weighted by Crippen LogP contribution is -2.38. The lowest BCUT2D eigenvalue weighted by Gasteiger charge is -2.26. The van der Waals surface area contributed by atoms with Crippen LogP contribution in [0.15, 0.2) is 111 Å². The van der Waals surface area contributed by atoms with Gasteiger partial charge < -0.3 is 0 Å². The van der Waals surface area contributed by atoms with E-state index < -0.39 is 41.0 Å². The smallest absolute Gasteiger partial charge is 0.196 e. The third kappa shape index (κ3) is 5.18. The Bertz CT molecular complexity index is 1290. The lowest BCUT2D eigenvalue weighted by molar-refractivity contribution is 0.556. The van der Waals surface area contributed by atoms with Crippen molar-refractivity contribution < 1.29 is 21.0 Å². The third-order valence-electron chi connectivity index (χ3n) is 5.35. The van der Waals surface area contributed by atoms with Crippen LogP contribution >= 0.6 is 0 Å². The van der Waals surface area contributed by atoms with Crippen molar-refractivity contribution in [2.75, 3.05) is 0 Å². The molecule has 0 bridgehead atoms. The number of benzene rings is 3. The van der Waals surface area contributed by atoms with Gasteiger partial charge in [0.2, 0.25) is 0 Å². The van der Waals surface area contributed by atoms with Crippen LogP contribution in [0.3, 0.4) is 0 Å². The monoisotopic (exact) mass is 502 g/mol. The second-order valence-electron chi connectivity index (χ2n) is 7.65. The summed E-state index contributed by atoms with van der Waals surface area (Å²) in [6, 6.07) is 22.0. The molecule has 0 aromatic heterocycles. The highest BCUT2D eigenvalue weighted by Crippen LogP contribution is 2.36. The van der Waals surface area contributed by atoms with E-state index in [1.165, 1.54) is 31.2 Å². The molecule has 0 amide bonds. The molecule has 0 fully saturated rings. The van der Waals surface area contributed by atoms with E-state index in [9.17, 15) is 21.0 Å². The Morgan fingerprint density at radius 1 is 0.758 bits per heavy atom. The zero-order valence-corrected chi connectivity index (χ0v) is 21.0. The summed E-state index contributed by atoms with van der Waals surface area (Å²) < 4.78 is 66.4. The Balaban J connectivity index is 2.18. The number of hydrogen-bond donors (Lipinski definition) is 0. The highest BCUT2D eigenvalue weighted by molar-refractivity contribution is 8.09. The van der Waals surface area contributed by atoms with E-state index in [1.807, 2.05) is 19.1 Å². The molecule has 0 radical (unpaired) electrons. The summed E-state index contributed by atoms with van der Waals surface area (Å²) in [5, 5.41) is 0. The normalized spacial score (nSPS) is 14.7. The van der Waals surface area contributed by atoms with Gasteiger partial charge in [-0.15, -0.1) is 0 Å². The second kappa shape index (κ2) is 10.2. The van der Waals surface area contributed by atoms with Gasteiger partial charge in [-0.1, -0.05) is 67.1 Å². The van der Waals surface area contributed by atoms with Crippen molar-refractivity contribution in [1.29, 1.82) is 0 Å². The quantitative estimate of drug-likeness (QED) is 0.437. The predicted molar refractivity (Wildman–Crippen MR) is 132 cm³/mol. The molecule has 2 unspecified atom stereocenters. The fraction of sp³-hybridized carbons (Fsp3) is 0.200. The Labute approximate surface area is 198 Å². The van der Waals surface area contributed by atoms with E-state index in [0.717, 1.165) is 5.56 Å². The fourth-order valence-corrected chi connectivity index (χ4v) is 10.2. The molecule has 0 spiro atoms. The van der Waals surface area contributed by atoms with Crippen LogP contribution in [-0.2, 0) is 30.5 Å². The Morgan fingerprint density at radius 2 is 1.18 bits per heavy atom. The predicted octanol–water partition coefficient (Wildman–Crippen LogP) is 4.92. The molecule has 174 valence electrons. The summed E-state index contributed by atoms with van der Waals surface area (Å²) in [6.45, 7) is 5.05. The van der Waals surface area contributed by atoms with E-state index >= 15 is 0 Å². The standard InChI is InChI=1S/C25H26O5S3/c1-4-24(31(26)21-17-15-19(2)16-18-21)20(3)25(32(27,28)22-11-7-5-8-12-22)33(29,30)23-13-9-6-10-14-23/h4-18,20,25H,1-3H3/b24-4-. The van der Waals surface area contributed by atoms with Gasteiger partial charge in [-0.2, -0.15) is 0 Å². The summed E-state index contributed by atoms with van der Waals surface area (Å²) >= 11 is 0. The lowest BCUT2D eigenvalue weighted by atomic mass is 10.2. The van der Waals surface area contributed by atoms with Crippen molar-refractivity contribution in [1.82, 2.24) is 0 Å². The van der Waals surface area contributed by atoms with E-state index in [1.54, 1.807) is 61.5 Å². The van der Waals surface area contributed by atoms with Crippen molar-refractivity contribution in [2.45, 2.75) is 40.0 Å². The van der Waals surface area contributed by atoms with Gasteiger partial charge in [0.1, 0.15) is 0 Å². The molecule has 0 N–H and O–H groups in total. The molecule has 3 rings (SSSR count). The molecule has 3 aromatic carbocycles. The van der Waals surface area contributed by atoms with Crippen LogP contribution in [-0.4, -0.2) is 25.6 Å². The largest absolute Gasteiger partial charge is 0.249 e. The summed E-state index contributed by atoms with van der Waals surface area (Å²) in [5.41, 5.74) is 0.988. The minimum absolute atomic E-state index is 0.0991. The molecule has 0 aliphatic rings. The number of allylic oxidation sites excluding steroid dienone is 2. The average Bonchev–Trinajstić information content (AvgIpc) is 2.81. The van der Waals surface area contributed by atoms with Crippen LogP contribution in [0.25, 0.3) is 0 Å². The number of rotatable bonds is 8. The molecule has 0 saturated heterocycles. The first-order valence-corrected chi connectivity index (χ1v) is 14.6. The minimum atomic E-state index is -4.35. The van der Waals surface area contributed by atoms with Crippen LogP contribution in [0.2, 0.25) is 0 Å². The Hall–Kier alpha value is -2.55. The molecular formula is C25H26O5S3. The maximum absolute atomic E-state index is 13.7. The van der Waals surface area contributed by atoms with Crippen molar-refractivity contribution in [3.63, 3.8) is 0 Å². The van der Waals surface area contributed by atoms with Gasteiger partial charge in [0, 0.05) is 15.7 Å². The summed E-state index contributed by atoms with van der Waals surface area (Å²) in [6.07, 6.45) is 1.55. The van der Waals surface area contributed by atoms with Gasteiger partial charge in [0.05, 0.1) is 20.6 Å². The summed E-state index contributed by atoms with van der Waals surface area (Å²) in [5.74, 6) is -1.08. The number of aryl methyl sites for hydroxylation is 1. The zero-order valence-electron chi connectivity index (χ0n) is 18.6. The van der Waals surface area contributed by atoms with Crippen LogP contribution in [0.5, 0.6) is 0 Å². The second-order valence-corrected chi connectivity index (χ2v) is 13.6. The van der Waals surface area contributed by atoms with E-state index in [-0.39, 0.29) is 14.7 Å². The zero-order chi connectivity index (χ0) is 24.2. The summed E-state index contributed by atoms with van der Waals surface area (Å²) in [7, 11) is -10.4. The van der Waals surface area contributed by atoms with Gasteiger partial charge in [-0.25, -0.2) is 21.0 Å². The molecule has 0 aliphatic carbocycles. The first kappa shape index (κ1) is 25.1. The van der Waals surface area contributed by atoms with Gasteiger partial charge in [-0.05, 0) is 50.2 Å². The van der Waals surface area contributed by atoms with Crippen molar-refractivity contribution in [3.05, 3.63) is 101 Å². The SMILES string of the molecule is C/C=C(/C(C)C(S(=O)(=O)c1ccccc1)S(=O)(=O)c1ccccc1)S(=O)c1ccc(C)cc1. The number of hydrogen-bond acceptors (Lipinski definition) is 5. The maximum atomic E-state index is 13.7. The van der Waals surface area contributed by atoms with Gasteiger partial charge in [-0.3, -0.25) is 0 Å². The fourth-order valence-electron chi connectivity index (χ4n) is 3.66. The number of sulfone groups is 2. The molecule has 0 saturated carbocycles. The molecule has 3 aromatic rings. The maximum Gasteiger partial charge on any atom is 0.196 e. The highest BCUT2D eigenvalue weighted by Gasteiger charge is 2.45. The Morgan fingerprint density at radius 3 is 1.58 bits per heavy atom. The van der Waals surface area contributed by atoms with E-state index in [2.05, 4.69) is 0 Å². The first-order chi connectivity index (χ1) is 15.6. The minimum Gasteiger partial charge on any atom is -0.249 e. The Kier molecular flexibility index (Phi) is 7.72. The van der Waals surface area contributed by atoms with Crippen LogP contribution in [0.1, 0.15) is 19.4 Å². The van der Waals surface area contributed by atoms with Crippen LogP contribution in [0.4, 0.5) is 0 Å². The van der Waals surface area contributed by atoms with Crippen LogP contribution < -0.4 is 0 Å². The molecule has 0 aliphatic heterocycles. The molecule has 8 heteroatoms. The molecular weight excluding hydrogens is 476 g/mol. The van der Waals surface area contributed by atoms with Crippen molar-refractivity contribution in [3.8, 4) is 0 Å². The molecule has 5 nitrogen and oxygen atoms in total. The van der Waals surface area contributed by atoms with E-state index in [0.29, 0.717) is 4.90 Å². The first-order valence-electron chi connectivity index (χ1n) is 10.3. The van der Waals surface area contributed by atoms with Gasteiger partial charge in [0.15, 0.2) is 24.3 Å². The highest BCUT2D eigenvalue weighted by atomic mass is 32.3. The molecule has 33 heavy (non-hydrogen) atoms. The molecule has 0 heterocycles. The van der Waals surface area contributed by atoms with Gasteiger partial charge in [0.25, 0.3) is 0 Å². The third-order valence-corrected chi connectivity index (χ3v) is 12.5. The van der Waals surface area contributed by atoms with Crippen molar-refractivity contribution in [2.24, 2.45) is 5.92 Å². The van der Waals surface area contributed by atoms with Gasteiger partial charge >= 0.3 is 0 Å². The van der Waals surface area contributed by atoms with Crippen molar-refractivity contribution >= 4 is 30.5 Å². The topological polar surface area (TPSA) is 85.3 Å². The average molecular weight is 503 g/mol.